The Bertz CT molecular complexity index is 675. The van der Waals surface area contributed by atoms with Gasteiger partial charge in [-0.25, -0.2) is 14.8 Å². The number of aromatic nitrogens is 6. The maximum absolute atomic E-state index is 13.6. The van der Waals surface area contributed by atoms with Crippen molar-refractivity contribution in [3.05, 3.63) is 24.3 Å². The molecule has 12 heteroatoms. The average molecular weight is 324 g/mol. The third-order valence-electron chi connectivity index (χ3n) is 2.57. The lowest BCUT2D eigenvalue weighted by Gasteiger charge is -2.18. The Labute approximate surface area is 119 Å². The maximum Gasteiger partial charge on any atom is 0.461 e. The number of halogens is 5. The second kappa shape index (κ2) is 5.10. The molecule has 2 aromatic heterocycles. The third-order valence-corrected chi connectivity index (χ3v) is 2.57. The Morgan fingerprint density at radius 3 is 2.32 bits per heavy atom. The smallest absolute Gasteiger partial charge is 0.243 e. The normalized spacial score (nSPS) is 12.9. The van der Waals surface area contributed by atoms with Crippen LogP contribution in [0.3, 0.4) is 0 Å². The van der Waals surface area contributed by atoms with E-state index in [0.717, 1.165) is 12.7 Å². The van der Waals surface area contributed by atoms with Gasteiger partial charge in [0.2, 0.25) is 5.82 Å². The van der Waals surface area contributed by atoms with Crippen LogP contribution in [-0.4, -0.2) is 41.7 Å². The van der Waals surface area contributed by atoms with Crippen LogP contribution in [0.1, 0.15) is 31.4 Å². The Kier molecular flexibility index (Phi) is 3.71. The number of carbonyl (C=O) groups is 1. The number of hydrogen-bond acceptors (Lipinski definition) is 5. The fourth-order valence-electron chi connectivity index (χ4n) is 1.44. The molecule has 0 atom stereocenters. The molecule has 2 aromatic rings. The van der Waals surface area contributed by atoms with E-state index in [4.69, 9.17) is 0 Å². The highest BCUT2D eigenvalue weighted by Gasteiger charge is 2.62. The molecule has 0 radical (unpaired) electrons. The van der Waals surface area contributed by atoms with Crippen LogP contribution in [0.5, 0.6) is 0 Å². The van der Waals surface area contributed by atoms with Crippen molar-refractivity contribution in [1.82, 2.24) is 29.5 Å². The van der Waals surface area contributed by atoms with Gasteiger partial charge < -0.3 is 0 Å². The molecule has 0 N–H and O–H groups in total. The zero-order chi connectivity index (χ0) is 16.7. The van der Waals surface area contributed by atoms with Gasteiger partial charge in [-0.05, 0) is 0 Å². The molecule has 0 spiro atoms. The summed E-state index contributed by atoms with van der Waals surface area (Å²) in [5, 5.41) is 6.81. The predicted molar refractivity (Wildman–Crippen MR) is 60.3 cm³/mol. The third kappa shape index (κ3) is 2.55. The van der Waals surface area contributed by atoms with Crippen molar-refractivity contribution in [3.63, 3.8) is 0 Å². The molecule has 0 fully saturated rings. The highest BCUT2D eigenvalue weighted by molar-refractivity contribution is 5.77. The van der Waals surface area contributed by atoms with Crippen LogP contribution in [0, 0.1) is 0 Å². The summed E-state index contributed by atoms with van der Waals surface area (Å²) in [5.41, 5.74) is 0. The minimum atomic E-state index is -5.92. The molecule has 0 aliphatic rings. The summed E-state index contributed by atoms with van der Waals surface area (Å²) >= 11 is 0. The first-order valence-corrected chi connectivity index (χ1v) is 5.87. The van der Waals surface area contributed by atoms with Crippen molar-refractivity contribution in [2.75, 3.05) is 0 Å². The molecule has 0 saturated heterocycles. The van der Waals surface area contributed by atoms with Crippen LogP contribution in [0.4, 0.5) is 26.7 Å². The maximum atomic E-state index is 13.6. The van der Waals surface area contributed by atoms with Gasteiger partial charge in [-0.2, -0.15) is 36.4 Å². The van der Waals surface area contributed by atoms with Crippen LogP contribution in [-0.2, 0) is 5.92 Å². The van der Waals surface area contributed by atoms with Gasteiger partial charge in [0.25, 0.3) is 0 Å². The minimum Gasteiger partial charge on any atom is -0.243 e. The summed E-state index contributed by atoms with van der Waals surface area (Å²) in [4.78, 5) is 18.5. The Balaban J connectivity index is 2.61. The standard InChI is InChI=1S/C10H9F5N6O/c1-5(2)6-18-7(9(11,12)10(13,14)15)21(19-6)8(22)20-4-16-3-17-20/h3-5H,1-2H3. The Morgan fingerprint density at radius 2 is 1.86 bits per heavy atom. The van der Waals surface area contributed by atoms with Crippen molar-refractivity contribution >= 4 is 6.03 Å². The first-order chi connectivity index (χ1) is 10.1. The van der Waals surface area contributed by atoms with Gasteiger partial charge in [0, 0.05) is 5.92 Å². The molecule has 22 heavy (non-hydrogen) atoms. The molecule has 0 aliphatic carbocycles. The van der Waals surface area contributed by atoms with Gasteiger partial charge in [0.1, 0.15) is 12.7 Å². The molecular formula is C10H9F5N6O. The van der Waals surface area contributed by atoms with Crippen LogP contribution in [0.25, 0.3) is 0 Å². The van der Waals surface area contributed by atoms with E-state index in [1.165, 1.54) is 13.8 Å². The molecule has 120 valence electrons. The quantitative estimate of drug-likeness (QED) is 0.791. The zero-order valence-electron chi connectivity index (χ0n) is 11.2. The van der Waals surface area contributed by atoms with Gasteiger partial charge in [-0.1, -0.05) is 13.8 Å². The van der Waals surface area contributed by atoms with Crippen LogP contribution < -0.4 is 0 Å². The molecule has 0 unspecified atom stereocenters. The fourth-order valence-corrected chi connectivity index (χ4v) is 1.44. The lowest BCUT2D eigenvalue weighted by atomic mass is 10.2. The topological polar surface area (TPSA) is 78.5 Å². The SMILES string of the molecule is CC(C)c1nc(C(F)(F)C(F)(F)F)n(C(=O)n2cncn2)n1. The highest BCUT2D eigenvalue weighted by atomic mass is 19.4. The first-order valence-electron chi connectivity index (χ1n) is 5.87. The van der Waals surface area contributed by atoms with E-state index >= 15 is 0 Å². The second-order valence-corrected chi connectivity index (χ2v) is 4.55. The molecule has 0 aliphatic heterocycles. The number of carbonyl (C=O) groups excluding carboxylic acids is 1. The molecule has 0 bridgehead atoms. The molecule has 2 heterocycles. The van der Waals surface area contributed by atoms with Crippen molar-refractivity contribution in [3.8, 4) is 0 Å². The summed E-state index contributed by atoms with van der Waals surface area (Å²) in [5.74, 6) is -8.05. The van der Waals surface area contributed by atoms with Gasteiger partial charge in [0.15, 0.2) is 5.82 Å². The number of alkyl halides is 5. The largest absolute Gasteiger partial charge is 0.461 e. The molecular weight excluding hydrogens is 315 g/mol. The van der Waals surface area contributed by atoms with Crippen molar-refractivity contribution in [1.29, 1.82) is 0 Å². The fraction of sp³-hybridized carbons (Fsp3) is 0.500. The average Bonchev–Trinajstić information content (AvgIpc) is 3.06. The van der Waals surface area contributed by atoms with E-state index in [-0.39, 0.29) is 10.5 Å². The van der Waals surface area contributed by atoms with E-state index in [9.17, 15) is 26.7 Å². The van der Waals surface area contributed by atoms with Gasteiger partial charge >= 0.3 is 18.1 Å². The number of hydrogen-bond donors (Lipinski definition) is 0. The van der Waals surface area contributed by atoms with E-state index in [1.54, 1.807) is 0 Å². The molecule has 0 amide bonds. The van der Waals surface area contributed by atoms with Gasteiger partial charge in [0.05, 0.1) is 0 Å². The predicted octanol–water partition coefficient (Wildman–Crippen LogP) is 2.16. The lowest BCUT2D eigenvalue weighted by molar-refractivity contribution is -0.293. The van der Waals surface area contributed by atoms with E-state index in [2.05, 4.69) is 20.2 Å². The molecule has 0 saturated carbocycles. The Hall–Kier alpha value is -2.40. The van der Waals surface area contributed by atoms with E-state index in [1.807, 2.05) is 0 Å². The van der Waals surface area contributed by atoms with E-state index < -0.39 is 29.9 Å². The molecule has 0 aromatic carbocycles. The Morgan fingerprint density at radius 1 is 1.23 bits per heavy atom. The van der Waals surface area contributed by atoms with Crippen molar-refractivity contribution in [2.24, 2.45) is 0 Å². The van der Waals surface area contributed by atoms with Crippen molar-refractivity contribution < 1.29 is 26.7 Å². The summed E-state index contributed by atoms with van der Waals surface area (Å²) in [6.07, 6.45) is -4.16. The summed E-state index contributed by atoms with van der Waals surface area (Å²) < 4.78 is 65.1. The number of nitrogens with zero attached hydrogens (tertiary/aromatic N) is 6. The van der Waals surface area contributed by atoms with Gasteiger partial charge in [-0.3, -0.25) is 0 Å². The van der Waals surface area contributed by atoms with Gasteiger partial charge in [-0.15, -0.1) is 5.10 Å². The highest BCUT2D eigenvalue weighted by Crippen LogP contribution is 2.43. The summed E-state index contributed by atoms with van der Waals surface area (Å²) in [7, 11) is 0. The number of rotatable bonds is 2. The summed E-state index contributed by atoms with van der Waals surface area (Å²) in [6.45, 7) is 2.96. The van der Waals surface area contributed by atoms with Crippen LogP contribution >= 0.6 is 0 Å². The van der Waals surface area contributed by atoms with Crippen LogP contribution in [0.15, 0.2) is 12.7 Å². The molecule has 7 nitrogen and oxygen atoms in total. The first kappa shape index (κ1) is 16.0. The van der Waals surface area contributed by atoms with E-state index in [0.29, 0.717) is 4.68 Å². The van der Waals surface area contributed by atoms with Crippen molar-refractivity contribution in [2.45, 2.75) is 31.9 Å². The minimum absolute atomic E-state index is 0.114. The lowest BCUT2D eigenvalue weighted by Crippen LogP contribution is -2.38. The molecule has 2 rings (SSSR count). The second-order valence-electron chi connectivity index (χ2n) is 4.55. The van der Waals surface area contributed by atoms with Crippen LogP contribution in [0.2, 0.25) is 0 Å². The zero-order valence-corrected chi connectivity index (χ0v) is 11.2. The summed E-state index contributed by atoms with van der Waals surface area (Å²) in [6, 6.07) is -1.35. The monoisotopic (exact) mass is 324 g/mol.